The van der Waals surface area contributed by atoms with E-state index in [2.05, 4.69) is 15.0 Å². The number of hydrogen-bond acceptors (Lipinski definition) is 5. The molecule has 1 aliphatic heterocycles. The average Bonchev–Trinajstić information content (AvgIpc) is 2.63. The van der Waals surface area contributed by atoms with Gasteiger partial charge in [-0.1, -0.05) is 29.8 Å². The predicted octanol–water partition coefficient (Wildman–Crippen LogP) is 4.08. The van der Waals surface area contributed by atoms with Crippen molar-refractivity contribution in [2.24, 2.45) is 0 Å². The van der Waals surface area contributed by atoms with Crippen molar-refractivity contribution in [3.05, 3.63) is 53.1 Å². The molecule has 1 heterocycles. The monoisotopic (exact) mass is 404 g/mol. The number of phenols is 1. The maximum absolute atomic E-state index is 9.81. The van der Waals surface area contributed by atoms with Crippen LogP contribution in [0.1, 0.15) is 26.3 Å². The summed E-state index contributed by atoms with van der Waals surface area (Å²) >= 11 is 5.96. The van der Waals surface area contributed by atoms with Crippen molar-refractivity contribution in [1.29, 1.82) is 0 Å². The summed E-state index contributed by atoms with van der Waals surface area (Å²) in [5, 5.41) is 13.9. The average molecular weight is 405 g/mol. The molecule has 0 atom stereocenters. The molecule has 1 fully saturated rings. The van der Waals surface area contributed by atoms with Gasteiger partial charge in [-0.15, -0.1) is 0 Å². The molecule has 1 aliphatic rings. The van der Waals surface area contributed by atoms with Gasteiger partial charge < -0.3 is 15.2 Å². The van der Waals surface area contributed by atoms with E-state index in [9.17, 15) is 9.90 Å². The van der Waals surface area contributed by atoms with Crippen LogP contribution >= 0.6 is 11.6 Å². The Morgan fingerprint density at radius 2 is 1.79 bits per heavy atom. The van der Waals surface area contributed by atoms with Gasteiger partial charge in [-0.25, -0.2) is 0 Å². The first kappa shape index (κ1) is 22.2. The minimum atomic E-state index is -0.318. The topological polar surface area (TPSA) is 61.8 Å². The summed E-state index contributed by atoms with van der Waals surface area (Å²) in [6.45, 7) is 10.9. The number of carbonyl (C=O) groups excluding carboxylic acids is 1. The fourth-order valence-corrected chi connectivity index (χ4v) is 3.00. The van der Waals surface area contributed by atoms with E-state index in [4.69, 9.17) is 11.6 Å². The van der Waals surface area contributed by atoms with E-state index in [1.54, 1.807) is 6.07 Å². The van der Waals surface area contributed by atoms with Crippen LogP contribution in [-0.2, 0) is 16.1 Å². The molecule has 5 nitrogen and oxygen atoms in total. The minimum Gasteiger partial charge on any atom is -0.508 e. The fraction of sp³-hybridized carbons (Fsp3) is 0.409. The molecule has 1 saturated heterocycles. The molecule has 0 radical (unpaired) electrons. The van der Waals surface area contributed by atoms with Gasteiger partial charge in [0.15, 0.2) is 0 Å². The van der Waals surface area contributed by atoms with Gasteiger partial charge in [0.25, 0.3) is 6.47 Å². The highest BCUT2D eigenvalue weighted by atomic mass is 35.5. The molecular weight excluding hydrogens is 376 g/mol. The molecule has 3 rings (SSSR count). The lowest BCUT2D eigenvalue weighted by molar-refractivity contribution is -0.138. The van der Waals surface area contributed by atoms with E-state index in [-0.39, 0.29) is 5.60 Å². The number of carbonyl (C=O) groups is 1. The Labute approximate surface area is 172 Å². The van der Waals surface area contributed by atoms with Crippen LogP contribution in [0.4, 0.5) is 0 Å². The van der Waals surface area contributed by atoms with E-state index < -0.39 is 0 Å². The van der Waals surface area contributed by atoms with Crippen molar-refractivity contribution in [2.45, 2.75) is 32.9 Å². The number of nitrogens with one attached hydrogen (secondary N) is 1. The summed E-state index contributed by atoms with van der Waals surface area (Å²) in [6.07, 6.45) is 0. The summed E-state index contributed by atoms with van der Waals surface area (Å²) in [4.78, 5) is 12.0. The van der Waals surface area contributed by atoms with Gasteiger partial charge in [0.2, 0.25) is 0 Å². The van der Waals surface area contributed by atoms with Crippen LogP contribution < -0.4 is 5.32 Å². The normalized spacial score (nSPS) is 14.7. The molecule has 2 aromatic rings. The van der Waals surface area contributed by atoms with E-state index >= 15 is 0 Å². The maximum Gasteiger partial charge on any atom is 0.293 e. The van der Waals surface area contributed by atoms with Crippen LogP contribution in [0, 0.1) is 0 Å². The Balaban J connectivity index is 0.000000345. The molecule has 152 valence electrons. The summed E-state index contributed by atoms with van der Waals surface area (Å²) < 4.78 is 4.55. The molecule has 0 bridgehead atoms. The molecule has 28 heavy (non-hydrogen) atoms. The molecule has 0 aromatic heterocycles. The van der Waals surface area contributed by atoms with Crippen LogP contribution in [0.3, 0.4) is 0 Å². The number of ether oxygens (including phenoxy) is 1. The minimum absolute atomic E-state index is 0.317. The molecular formula is C22H29ClN2O3. The second-order valence-electron chi connectivity index (χ2n) is 7.70. The smallest absolute Gasteiger partial charge is 0.293 e. The summed E-state index contributed by atoms with van der Waals surface area (Å²) in [6, 6.07) is 13.4. The van der Waals surface area contributed by atoms with E-state index in [0.717, 1.165) is 54.4 Å². The molecule has 0 aliphatic carbocycles. The lowest BCUT2D eigenvalue weighted by atomic mass is 9.99. The van der Waals surface area contributed by atoms with Gasteiger partial charge in [0.1, 0.15) is 11.4 Å². The van der Waals surface area contributed by atoms with Crippen molar-refractivity contribution in [2.75, 3.05) is 26.2 Å². The SMILES string of the molecule is CC(C)(C)OC=O.Oc1ccc(-c2ccc(Cl)cc2)c(CN2CCNCC2)c1. The van der Waals surface area contributed by atoms with Crippen molar-refractivity contribution in [3.8, 4) is 16.9 Å². The third kappa shape index (κ3) is 7.50. The number of rotatable bonds is 4. The van der Waals surface area contributed by atoms with Crippen LogP contribution in [-0.4, -0.2) is 48.3 Å². The zero-order chi connectivity index (χ0) is 20.6. The largest absolute Gasteiger partial charge is 0.508 e. The van der Waals surface area contributed by atoms with Gasteiger partial charge >= 0.3 is 0 Å². The van der Waals surface area contributed by atoms with Crippen molar-refractivity contribution in [3.63, 3.8) is 0 Å². The number of phenolic OH excluding ortho intramolecular Hbond substituents is 1. The maximum atomic E-state index is 9.81. The molecule has 0 unspecified atom stereocenters. The number of piperazine rings is 1. The third-order valence-electron chi connectivity index (χ3n) is 4.25. The predicted molar refractivity (Wildman–Crippen MR) is 114 cm³/mol. The van der Waals surface area contributed by atoms with Gasteiger partial charge in [0, 0.05) is 37.7 Å². The van der Waals surface area contributed by atoms with Gasteiger partial charge in [-0.3, -0.25) is 9.69 Å². The van der Waals surface area contributed by atoms with Gasteiger partial charge in [-0.2, -0.15) is 0 Å². The standard InChI is InChI=1S/C17H19ClN2O.C5H10O2/c18-15-3-1-13(2-4-15)17-6-5-16(21)11-14(17)12-20-9-7-19-8-10-20;1-5(2,3)7-4-6/h1-6,11,19,21H,7-10,12H2;4H,1-3H3. The molecule has 2 aromatic carbocycles. The van der Waals surface area contributed by atoms with E-state index in [0.29, 0.717) is 12.2 Å². The second-order valence-corrected chi connectivity index (χ2v) is 8.14. The first-order valence-corrected chi connectivity index (χ1v) is 9.78. The quantitative estimate of drug-likeness (QED) is 0.752. The van der Waals surface area contributed by atoms with Crippen LogP contribution in [0.15, 0.2) is 42.5 Å². The number of benzene rings is 2. The fourth-order valence-electron chi connectivity index (χ4n) is 2.88. The molecule has 6 heteroatoms. The molecule has 2 N–H and O–H groups in total. The zero-order valence-corrected chi connectivity index (χ0v) is 17.5. The molecule has 0 amide bonds. The Bertz CT molecular complexity index is 751. The Morgan fingerprint density at radius 1 is 1.14 bits per heavy atom. The second kappa shape index (κ2) is 10.5. The highest BCUT2D eigenvalue weighted by Gasteiger charge is 2.13. The third-order valence-corrected chi connectivity index (χ3v) is 4.50. The van der Waals surface area contributed by atoms with E-state index in [1.165, 1.54) is 0 Å². The van der Waals surface area contributed by atoms with Crippen molar-refractivity contribution in [1.82, 2.24) is 10.2 Å². The van der Waals surface area contributed by atoms with E-state index in [1.807, 2.05) is 57.2 Å². The lowest BCUT2D eigenvalue weighted by Gasteiger charge is -2.28. The Kier molecular flexibility index (Phi) is 8.30. The number of nitrogens with zero attached hydrogens (tertiary/aromatic N) is 1. The summed E-state index contributed by atoms with van der Waals surface area (Å²) in [7, 11) is 0. The molecule has 0 spiro atoms. The molecule has 0 saturated carbocycles. The number of aromatic hydroxyl groups is 1. The van der Waals surface area contributed by atoms with Crippen molar-refractivity contribution < 1.29 is 14.6 Å². The first-order valence-electron chi connectivity index (χ1n) is 9.41. The zero-order valence-electron chi connectivity index (χ0n) is 16.7. The Morgan fingerprint density at radius 3 is 2.32 bits per heavy atom. The lowest BCUT2D eigenvalue weighted by Crippen LogP contribution is -2.42. The summed E-state index contributed by atoms with van der Waals surface area (Å²) in [5.74, 6) is 0.317. The van der Waals surface area contributed by atoms with Crippen LogP contribution in [0.5, 0.6) is 5.75 Å². The van der Waals surface area contributed by atoms with Crippen LogP contribution in [0.25, 0.3) is 11.1 Å². The van der Waals surface area contributed by atoms with Gasteiger partial charge in [-0.05, 0) is 61.7 Å². The van der Waals surface area contributed by atoms with Crippen LogP contribution in [0.2, 0.25) is 5.02 Å². The summed E-state index contributed by atoms with van der Waals surface area (Å²) in [5.41, 5.74) is 3.12. The highest BCUT2D eigenvalue weighted by Crippen LogP contribution is 2.29. The number of halogens is 1. The highest BCUT2D eigenvalue weighted by molar-refractivity contribution is 6.30. The van der Waals surface area contributed by atoms with Crippen molar-refractivity contribution >= 4 is 18.1 Å². The Hall–Kier alpha value is -2.08. The van der Waals surface area contributed by atoms with Gasteiger partial charge in [0.05, 0.1) is 0 Å². The first-order chi connectivity index (χ1) is 13.3. The number of hydrogen-bond donors (Lipinski definition) is 2.